The number of hydrogen-bond donors (Lipinski definition) is 7. The fourth-order valence-corrected chi connectivity index (χ4v) is 3.43. The van der Waals surface area contributed by atoms with E-state index >= 15 is 0 Å². The van der Waals surface area contributed by atoms with Gasteiger partial charge in [0.05, 0.1) is 6.04 Å². The first-order chi connectivity index (χ1) is 16.3. The second kappa shape index (κ2) is 16.8. The Bertz CT molecular complexity index is 714. The number of carbonyl (C=O) groups excluding carboxylic acids is 3. The molecular formula is C23H43N5O7. The molecule has 0 aliphatic carbocycles. The maximum atomic E-state index is 13.0. The molecular weight excluding hydrogens is 458 g/mol. The Hall–Kier alpha value is -2.73. The van der Waals surface area contributed by atoms with E-state index in [0.29, 0.717) is 25.8 Å². The summed E-state index contributed by atoms with van der Waals surface area (Å²) >= 11 is 0. The van der Waals surface area contributed by atoms with Crippen molar-refractivity contribution in [3.8, 4) is 0 Å². The summed E-state index contributed by atoms with van der Waals surface area (Å²) in [4.78, 5) is 61.0. The van der Waals surface area contributed by atoms with Gasteiger partial charge in [-0.2, -0.15) is 0 Å². The van der Waals surface area contributed by atoms with E-state index in [0.717, 1.165) is 0 Å². The third kappa shape index (κ3) is 14.3. The third-order valence-electron chi connectivity index (χ3n) is 5.24. The first-order valence-electron chi connectivity index (χ1n) is 12.1. The van der Waals surface area contributed by atoms with Crippen molar-refractivity contribution in [3.05, 3.63) is 0 Å². The first-order valence-corrected chi connectivity index (χ1v) is 12.1. The number of hydrogen-bond acceptors (Lipinski definition) is 7. The number of carboxylic acid groups (broad SMARTS) is 2. The molecule has 0 bridgehead atoms. The van der Waals surface area contributed by atoms with Gasteiger partial charge in [-0.15, -0.1) is 0 Å². The quantitative estimate of drug-likeness (QED) is 0.125. The van der Waals surface area contributed by atoms with E-state index in [-0.39, 0.29) is 31.1 Å². The summed E-state index contributed by atoms with van der Waals surface area (Å²) in [5.41, 5.74) is 11.4. The molecule has 0 rings (SSSR count). The zero-order valence-electron chi connectivity index (χ0n) is 21.2. The van der Waals surface area contributed by atoms with Crippen molar-refractivity contribution in [2.24, 2.45) is 23.3 Å². The molecule has 0 spiro atoms. The van der Waals surface area contributed by atoms with Crippen LogP contribution in [0.5, 0.6) is 0 Å². The summed E-state index contributed by atoms with van der Waals surface area (Å²) in [6.07, 6.45) is 1.19. The molecule has 0 saturated carbocycles. The van der Waals surface area contributed by atoms with Gasteiger partial charge in [-0.05, 0) is 56.9 Å². The summed E-state index contributed by atoms with van der Waals surface area (Å²) in [6.45, 7) is 7.91. The highest BCUT2D eigenvalue weighted by Crippen LogP contribution is 2.10. The van der Waals surface area contributed by atoms with Crippen LogP contribution >= 0.6 is 0 Å². The summed E-state index contributed by atoms with van der Waals surface area (Å²) < 4.78 is 0. The largest absolute Gasteiger partial charge is 0.481 e. The molecule has 0 aromatic rings. The molecule has 0 heterocycles. The molecule has 202 valence electrons. The number of carboxylic acids is 2. The van der Waals surface area contributed by atoms with E-state index in [9.17, 15) is 29.1 Å². The van der Waals surface area contributed by atoms with Crippen LogP contribution in [0.1, 0.15) is 72.6 Å². The van der Waals surface area contributed by atoms with Crippen molar-refractivity contribution in [2.75, 3.05) is 6.54 Å². The summed E-state index contributed by atoms with van der Waals surface area (Å²) in [6, 6.07) is -4.32. The zero-order valence-corrected chi connectivity index (χ0v) is 21.2. The van der Waals surface area contributed by atoms with E-state index in [1.807, 2.05) is 27.7 Å². The van der Waals surface area contributed by atoms with Gasteiger partial charge in [0.25, 0.3) is 0 Å². The van der Waals surface area contributed by atoms with Crippen molar-refractivity contribution in [1.82, 2.24) is 16.0 Å². The Morgan fingerprint density at radius 3 is 1.71 bits per heavy atom. The first kappa shape index (κ1) is 32.3. The maximum absolute atomic E-state index is 13.0. The standard InChI is InChI=1S/C23H43N5O7/c1-13(2)11-15(25)20(31)28-18(12-14(3)4)22(33)26-16(8-9-19(29)30)21(32)27-17(23(34)35)7-5-6-10-24/h13-18H,5-12,24-25H2,1-4H3,(H,26,33)(H,27,32)(H,28,31)(H,29,30)(H,34,35). The van der Waals surface area contributed by atoms with Crippen molar-refractivity contribution < 1.29 is 34.2 Å². The molecule has 0 radical (unpaired) electrons. The second-order valence-corrected chi connectivity index (χ2v) is 9.60. The molecule has 3 amide bonds. The third-order valence-corrected chi connectivity index (χ3v) is 5.24. The molecule has 0 aromatic carbocycles. The minimum Gasteiger partial charge on any atom is -0.481 e. The molecule has 0 aromatic heterocycles. The maximum Gasteiger partial charge on any atom is 0.326 e. The molecule has 0 aliphatic rings. The fourth-order valence-electron chi connectivity index (χ4n) is 3.43. The topological polar surface area (TPSA) is 214 Å². The van der Waals surface area contributed by atoms with Gasteiger partial charge < -0.3 is 37.6 Å². The highest BCUT2D eigenvalue weighted by Gasteiger charge is 2.31. The highest BCUT2D eigenvalue weighted by molar-refractivity contribution is 5.94. The highest BCUT2D eigenvalue weighted by atomic mass is 16.4. The molecule has 12 heteroatoms. The molecule has 0 fully saturated rings. The van der Waals surface area contributed by atoms with Crippen molar-refractivity contribution in [3.63, 3.8) is 0 Å². The molecule has 4 unspecified atom stereocenters. The Kier molecular flexibility index (Phi) is 15.5. The van der Waals surface area contributed by atoms with Crippen LogP contribution in [0.15, 0.2) is 0 Å². The van der Waals surface area contributed by atoms with Crippen LogP contribution in [-0.4, -0.2) is 70.6 Å². The number of nitrogens with one attached hydrogen (secondary N) is 3. The number of rotatable bonds is 18. The monoisotopic (exact) mass is 501 g/mol. The second-order valence-electron chi connectivity index (χ2n) is 9.60. The Morgan fingerprint density at radius 1 is 0.714 bits per heavy atom. The molecule has 0 saturated heterocycles. The van der Waals surface area contributed by atoms with Gasteiger partial charge in [0, 0.05) is 6.42 Å². The number of amides is 3. The van der Waals surface area contributed by atoms with Crippen molar-refractivity contribution in [1.29, 1.82) is 0 Å². The number of aliphatic carboxylic acids is 2. The minimum absolute atomic E-state index is 0.0117. The lowest BCUT2D eigenvalue weighted by molar-refractivity contribution is -0.143. The van der Waals surface area contributed by atoms with Gasteiger partial charge in [0.1, 0.15) is 18.1 Å². The van der Waals surface area contributed by atoms with Crippen LogP contribution < -0.4 is 27.4 Å². The zero-order chi connectivity index (χ0) is 27.1. The van der Waals surface area contributed by atoms with Crippen LogP contribution in [0, 0.1) is 11.8 Å². The van der Waals surface area contributed by atoms with E-state index in [2.05, 4.69) is 16.0 Å². The van der Waals surface area contributed by atoms with Crippen LogP contribution in [0.2, 0.25) is 0 Å². The molecule has 9 N–H and O–H groups in total. The predicted molar refractivity (Wildman–Crippen MR) is 130 cm³/mol. The van der Waals surface area contributed by atoms with Crippen molar-refractivity contribution >= 4 is 29.7 Å². The van der Waals surface area contributed by atoms with Crippen molar-refractivity contribution in [2.45, 2.75) is 96.8 Å². The fraction of sp³-hybridized carbons (Fsp3) is 0.783. The minimum atomic E-state index is -1.30. The van der Waals surface area contributed by atoms with Gasteiger partial charge >= 0.3 is 11.9 Å². The summed E-state index contributed by atoms with van der Waals surface area (Å²) in [7, 11) is 0. The average Bonchev–Trinajstić information content (AvgIpc) is 2.74. The summed E-state index contributed by atoms with van der Waals surface area (Å²) in [5.74, 6) is -4.24. The summed E-state index contributed by atoms with van der Waals surface area (Å²) in [5, 5.41) is 26.0. The lowest BCUT2D eigenvalue weighted by atomic mass is 10.00. The molecule has 35 heavy (non-hydrogen) atoms. The van der Waals surface area contributed by atoms with Gasteiger partial charge in [0.2, 0.25) is 17.7 Å². The SMILES string of the molecule is CC(C)CC(N)C(=O)NC(CC(C)C)C(=O)NC(CCC(=O)O)C(=O)NC(CCCCN)C(=O)O. The number of unbranched alkanes of at least 4 members (excludes halogenated alkanes) is 1. The van der Waals surface area contributed by atoms with Gasteiger partial charge in [-0.1, -0.05) is 27.7 Å². The van der Waals surface area contributed by atoms with Gasteiger partial charge in [-0.3, -0.25) is 19.2 Å². The normalized spacial score (nSPS) is 14.6. The van der Waals surface area contributed by atoms with Crippen LogP contribution in [-0.2, 0) is 24.0 Å². The van der Waals surface area contributed by atoms with Crippen LogP contribution in [0.3, 0.4) is 0 Å². The predicted octanol–water partition coefficient (Wildman–Crippen LogP) is -0.0613. The lowest BCUT2D eigenvalue weighted by Crippen LogP contribution is -2.57. The number of nitrogens with two attached hydrogens (primary N) is 2. The molecule has 12 nitrogen and oxygen atoms in total. The van der Waals surface area contributed by atoms with Gasteiger partial charge in [0.15, 0.2) is 0 Å². The van der Waals surface area contributed by atoms with E-state index < -0.39 is 60.2 Å². The molecule has 0 aliphatic heterocycles. The lowest BCUT2D eigenvalue weighted by Gasteiger charge is -2.26. The Balaban J connectivity index is 5.53. The van der Waals surface area contributed by atoms with Gasteiger partial charge in [-0.25, -0.2) is 4.79 Å². The van der Waals surface area contributed by atoms with E-state index in [1.54, 1.807) is 0 Å². The Labute approximate surface area is 206 Å². The smallest absolute Gasteiger partial charge is 0.326 e. The molecule has 4 atom stereocenters. The average molecular weight is 502 g/mol. The Morgan fingerprint density at radius 2 is 1.23 bits per heavy atom. The van der Waals surface area contributed by atoms with Crippen LogP contribution in [0.4, 0.5) is 0 Å². The van der Waals surface area contributed by atoms with E-state index in [4.69, 9.17) is 16.6 Å². The number of carbonyl (C=O) groups is 5. The van der Waals surface area contributed by atoms with E-state index in [1.165, 1.54) is 0 Å². The van der Waals surface area contributed by atoms with Crippen LogP contribution in [0.25, 0.3) is 0 Å².